The van der Waals surface area contributed by atoms with Crippen molar-refractivity contribution in [2.24, 2.45) is 10.1 Å². The molecule has 0 radical (unpaired) electrons. The van der Waals surface area contributed by atoms with Crippen LogP contribution in [-0.2, 0) is 0 Å². The molecular formula is C17H14N4O3S. The largest absolute Gasteiger partial charge is 0.497 e. The average Bonchev–Trinajstić information content (AvgIpc) is 3.01. The van der Waals surface area contributed by atoms with E-state index in [1.807, 2.05) is 36.4 Å². The molecule has 8 heteroatoms. The molecule has 0 bridgehead atoms. The van der Waals surface area contributed by atoms with Crippen LogP contribution >= 0.6 is 11.8 Å². The number of methoxy groups -OCH3 is 1. The van der Waals surface area contributed by atoms with E-state index in [4.69, 9.17) is 9.15 Å². The van der Waals surface area contributed by atoms with Crippen LogP contribution < -0.4 is 15.9 Å². The Balaban J connectivity index is 1.56. The van der Waals surface area contributed by atoms with Crippen molar-refractivity contribution < 1.29 is 9.15 Å². The predicted molar refractivity (Wildman–Crippen MR) is 99.1 cm³/mol. The lowest BCUT2D eigenvalue weighted by molar-refractivity contribution is 0.415. The van der Waals surface area contributed by atoms with Crippen LogP contribution in [-0.4, -0.2) is 28.7 Å². The summed E-state index contributed by atoms with van der Waals surface area (Å²) in [7, 11) is 1.62. The van der Waals surface area contributed by atoms with Gasteiger partial charge in [0.05, 0.1) is 24.0 Å². The van der Waals surface area contributed by atoms with Crippen molar-refractivity contribution in [1.29, 1.82) is 0 Å². The highest BCUT2D eigenvalue weighted by Crippen LogP contribution is 2.23. The average molecular weight is 354 g/mol. The van der Waals surface area contributed by atoms with Gasteiger partial charge in [-0.3, -0.25) is 10.4 Å². The van der Waals surface area contributed by atoms with Crippen molar-refractivity contribution in [2.45, 2.75) is 0 Å². The van der Waals surface area contributed by atoms with E-state index in [2.05, 4.69) is 20.5 Å². The molecule has 2 heterocycles. The van der Waals surface area contributed by atoms with Crippen molar-refractivity contribution in [2.75, 3.05) is 12.9 Å². The zero-order valence-electron chi connectivity index (χ0n) is 13.3. The van der Waals surface area contributed by atoms with Crippen molar-refractivity contribution in [1.82, 2.24) is 10.4 Å². The normalized spacial score (nSPS) is 15.9. The first-order valence-corrected chi connectivity index (χ1v) is 8.51. The maximum absolute atomic E-state index is 11.2. The third kappa shape index (κ3) is 3.29. The Labute approximate surface area is 146 Å². The first kappa shape index (κ1) is 15.5. The van der Waals surface area contributed by atoms with Gasteiger partial charge in [0.2, 0.25) is 0 Å². The predicted octanol–water partition coefficient (Wildman–Crippen LogP) is 2.86. The minimum atomic E-state index is -0.460. The van der Waals surface area contributed by atoms with Crippen LogP contribution in [0.25, 0.3) is 11.1 Å². The number of thioether (sulfide) groups is 1. The molecule has 0 amide bonds. The van der Waals surface area contributed by atoms with Gasteiger partial charge in [-0.2, -0.15) is 5.10 Å². The monoisotopic (exact) mass is 354 g/mol. The van der Waals surface area contributed by atoms with E-state index in [9.17, 15) is 4.79 Å². The van der Waals surface area contributed by atoms with Crippen LogP contribution in [0.3, 0.4) is 0 Å². The van der Waals surface area contributed by atoms with Gasteiger partial charge in [-0.15, -0.1) is 0 Å². The molecule has 1 aliphatic heterocycles. The molecule has 2 aromatic carbocycles. The number of ether oxygens (including phenoxy) is 1. The van der Waals surface area contributed by atoms with Crippen molar-refractivity contribution >= 4 is 39.4 Å². The van der Waals surface area contributed by atoms with Gasteiger partial charge in [-0.25, -0.2) is 9.79 Å². The third-order valence-electron chi connectivity index (χ3n) is 3.67. The number of amidine groups is 1. The lowest BCUT2D eigenvalue weighted by atomic mass is 10.1. The highest BCUT2D eigenvalue weighted by molar-refractivity contribution is 8.14. The summed E-state index contributed by atoms with van der Waals surface area (Å²) in [5.41, 5.74) is 6.71. The molecule has 0 aliphatic carbocycles. The van der Waals surface area contributed by atoms with E-state index in [1.54, 1.807) is 24.9 Å². The summed E-state index contributed by atoms with van der Waals surface area (Å²) < 4.78 is 10.3. The number of oxazole rings is 1. The number of hydrazone groups is 1. The van der Waals surface area contributed by atoms with E-state index in [0.717, 1.165) is 22.7 Å². The molecule has 0 saturated heterocycles. The lowest BCUT2D eigenvalue weighted by Gasteiger charge is -2.14. The zero-order valence-corrected chi connectivity index (χ0v) is 14.1. The second kappa shape index (κ2) is 6.48. The molecule has 1 aliphatic rings. The Bertz CT molecular complexity index is 1050. The van der Waals surface area contributed by atoms with Crippen molar-refractivity contribution in [3.8, 4) is 5.75 Å². The number of benzene rings is 2. The maximum atomic E-state index is 11.2. The standard InChI is InChI=1S/C17H14N4O3S/c1-23-12-4-2-3-11(8-12)18-16-21-20-14(9-25-16)10-5-6-13-15(7-10)24-17(22)19-13/h2-8H,9H2,1H3,(H,18,21)(H,19,22). The van der Waals surface area contributed by atoms with E-state index in [0.29, 0.717) is 22.0 Å². The Morgan fingerprint density at radius 2 is 2.20 bits per heavy atom. The van der Waals surface area contributed by atoms with Crippen LogP contribution in [0.4, 0.5) is 5.69 Å². The summed E-state index contributed by atoms with van der Waals surface area (Å²) in [6.07, 6.45) is 0. The summed E-state index contributed by atoms with van der Waals surface area (Å²) >= 11 is 1.55. The lowest BCUT2D eigenvalue weighted by Crippen LogP contribution is -2.25. The second-order valence-electron chi connectivity index (χ2n) is 5.30. The maximum Gasteiger partial charge on any atom is 0.417 e. The number of H-pyrrole nitrogens is 1. The fourth-order valence-corrected chi connectivity index (χ4v) is 3.23. The summed E-state index contributed by atoms with van der Waals surface area (Å²) in [4.78, 5) is 18.4. The van der Waals surface area contributed by atoms with Gasteiger partial charge >= 0.3 is 5.76 Å². The van der Waals surface area contributed by atoms with Crippen molar-refractivity contribution in [3.63, 3.8) is 0 Å². The van der Waals surface area contributed by atoms with E-state index < -0.39 is 5.76 Å². The Kier molecular flexibility index (Phi) is 4.02. The van der Waals surface area contributed by atoms with Crippen LogP contribution in [0, 0.1) is 0 Å². The molecule has 7 nitrogen and oxygen atoms in total. The number of nitrogens with zero attached hydrogens (tertiary/aromatic N) is 2. The molecule has 0 saturated carbocycles. The highest BCUT2D eigenvalue weighted by Gasteiger charge is 2.14. The first-order chi connectivity index (χ1) is 12.2. The Morgan fingerprint density at radius 1 is 1.28 bits per heavy atom. The number of aliphatic imine (C=N–C) groups is 1. The van der Waals surface area contributed by atoms with Crippen LogP contribution in [0.15, 0.2) is 61.8 Å². The van der Waals surface area contributed by atoms with Gasteiger partial charge < -0.3 is 9.15 Å². The van der Waals surface area contributed by atoms with E-state index in [-0.39, 0.29) is 0 Å². The molecule has 1 aromatic heterocycles. The van der Waals surface area contributed by atoms with Gasteiger partial charge in [0.25, 0.3) is 0 Å². The smallest absolute Gasteiger partial charge is 0.417 e. The summed E-state index contributed by atoms with van der Waals surface area (Å²) in [5.74, 6) is 0.960. The van der Waals surface area contributed by atoms with Gasteiger partial charge in [-0.1, -0.05) is 23.9 Å². The third-order valence-corrected chi connectivity index (χ3v) is 4.54. The topological polar surface area (TPSA) is 92.0 Å². The van der Waals surface area contributed by atoms with Gasteiger partial charge in [0.1, 0.15) is 5.75 Å². The minimum absolute atomic E-state index is 0.460. The van der Waals surface area contributed by atoms with Gasteiger partial charge in [0.15, 0.2) is 10.8 Å². The number of aromatic amines is 1. The van der Waals surface area contributed by atoms with Crippen molar-refractivity contribution in [3.05, 3.63) is 58.6 Å². The Hall–Kier alpha value is -3.00. The Morgan fingerprint density at radius 3 is 3.00 bits per heavy atom. The fraction of sp³-hybridized carbons (Fsp3) is 0.118. The molecule has 0 atom stereocenters. The second-order valence-corrected chi connectivity index (χ2v) is 6.27. The van der Waals surface area contributed by atoms with Gasteiger partial charge in [0, 0.05) is 17.4 Å². The number of hydrogen-bond donors (Lipinski definition) is 2. The zero-order chi connectivity index (χ0) is 17.2. The van der Waals surface area contributed by atoms with Crippen LogP contribution in [0.1, 0.15) is 5.56 Å². The number of nitrogens with one attached hydrogen (secondary N) is 2. The quantitative estimate of drug-likeness (QED) is 0.754. The molecule has 0 spiro atoms. The number of hydrogen-bond acceptors (Lipinski definition) is 6. The fourth-order valence-electron chi connectivity index (χ4n) is 2.44. The molecule has 25 heavy (non-hydrogen) atoms. The molecule has 2 N–H and O–H groups in total. The SMILES string of the molecule is COc1cccc(N=C2NN=C(c3ccc4[nH]c(=O)oc4c3)CS2)c1. The van der Waals surface area contributed by atoms with Gasteiger partial charge in [-0.05, 0) is 24.3 Å². The highest BCUT2D eigenvalue weighted by atomic mass is 32.2. The first-order valence-electron chi connectivity index (χ1n) is 7.52. The van der Waals surface area contributed by atoms with Crippen LogP contribution in [0.2, 0.25) is 0 Å². The van der Waals surface area contributed by atoms with E-state index in [1.165, 1.54) is 0 Å². The molecular weight excluding hydrogens is 340 g/mol. The number of rotatable bonds is 3. The molecule has 0 unspecified atom stereocenters. The minimum Gasteiger partial charge on any atom is -0.497 e. The molecule has 126 valence electrons. The summed E-state index contributed by atoms with van der Waals surface area (Å²) in [5, 5.41) is 5.10. The van der Waals surface area contributed by atoms with E-state index >= 15 is 0 Å². The number of aromatic nitrogens is 1. The molecule has 3 aromatic rings. The summed E-state index contributed by atoms with van der Waals surface area (Å²) in [6.45, 7) is 0. The van der Waals surface area contributed by atoms with Crippen LogP contribution in [0.5, 0.6) is 5.75 Å². The number of fused-ring (bicyclic) bond motifs is 1. The molecule has 0 fully saturated rings. The summed E-state index contributed by atoms with van der Waals surface area (Å²) in [6, 6.07) is 13.0. The molecule has 4 rings (SSSR count).